The summed E-state index contributed by atoms with van der Waals surface area (Å²) in [5.74, 6) is -0.448. The van der Waals surface area contributed by atoms with E-state index in [2.05, 4.69) is 4.40 Å². The van der Waals surface area contributed by atoms with Crippen molar-refractivity contribution in [2.24, 2.45) is 4.40 Å². The minimum Gasteiger partial charge on any atom is -0.292 e. The standard InChI is InChI=1S/C15H14Cl3NO3S/c1-8-4-6-10(7-5-8)23(21,22)19-12-11(16)9(2)14(20)15(3,18)13(12)17/h4-7,13H,1-3H3/t13-,15+/m0/s1. The number of alkyl halides is 2. The SMILES string of the molecule is CC1=C(Cl)C(=NS(=O)(=O)c2ccc(C)cc2)[C@H](Cl)[C@@](C)(Cl)C1=O. The van der Waals surface area contributed by atoms with Gasteiger partial charge in [-0.3, -0.25) is 4.79 Å². The molecule has 0 radical (unpaired) electrons. The predicted molar refractivity (Wildman–Crippen MR) is 93.3 cm³/mol. The molecule has 0 aliphatic heterocycles. The smallest absolute Gasteiger partial charge is 0.282 e. The number of ketones is 1. The minimum absolute atomic E-state index is 0.00904. The molecule has 2 rings (SSSR count). The molecule has 1 aromatic rings. The number of rotatable bonds is 2. The first kappa shape index (κ1) is 18.5. The topological polar surface area (TPSA) is 63.6 Å². The van der Waals surface area contributed by atoms with Crippen molar-refractivity contribution in [2.45, 2.75) is 35.9 Å². The van der Waals surface area contributed by atoms with Crippen LogP contribution in [0, 0.1) is 6.92 Å². The van der Waals surface area contributed by atoms with E-state index in [-0.39, 0.29) is 21.2 Å². The van der Waals surface area contributed by atoms with E-state index in [1.807, 2.05) is 6.92 Å². The Bertz CT molecular complexity index is 824. The number of halogens is 3. The lowest BCUT2D eigenvalue weighted by Gasteiger charge is -2.32. The highest BCUT2D eigenvalue weighted by Gasteiger charge is 2.48. The molecule has 0 saturated heterocycles. The van der Waals surface area contributed by atoms with Gasteiger partial charge < -0.3 is 0 Å². The van der Waals surface area contributed by atoms with Crippen LogP contribution in [-0.2, 0) is 14.8 Å². The van der Waals surface area contributed by atoms with Crippen LogP contribution in [0.1, 0.15) is 19.4 Å². The minimum atomic E-state index is -4.02. The van der Waals surface area contributed by atoms with Gasteiger partial charge in [-0.1, -0.05) is 29.3 Å². The second-order valence-corrected chi connectivity index (χ2v) is 8.67. The summed E-state index contributed by atoms with van der Waals surface area (Å²) >= 11 is 18.4. The lowest BCUT2D eigenvalue weighted by atomic mass is 9.87. The van der Waals surface area contributed by atoms with Crippen LogP contribution in [-0.4, -0.2) is 30.2 Å². The molecule has 1 aromatic carbocycles. The van der Waals surface area contributed by atoms with E-state index in [1.165, 1.54) is 26.0 Å². The van der Waals surface area contributed by atoms with Crippen LogP contribution < -0.4 is 0 Å². The Kier molecular flexibility index (Phi) is 4.98. The van der Waals surface area contributed by atoms with Crippen LogP contribution in [0.25, 0.3) is 0 Å². The molecule has 0 N–H and O–H groups in total. The van der Waals surface area contributed by atoms with Crippen LogP contribution >= 0.6 is 34.8 Å². The van der Waals surface area contributed by atoms with Crippen molar-refractivity contribution >= 4 is 56.3 Å². The molecule has 2 atom stereocenters. The Hall–Kier alpha value is -0.880. The number of allylic oxidation sites excluding steroid dienone is 2. The van der Waals surface area contributed by atoms with Crippen molar-refractivity contribution in [3.63, 3.8) is 0 Å². The summed E-state index contributed by atoms with van der Waals surface area (Å²) in [5, 5.41) is -1.24. The lowest BCUT2D eigenvalue weighted by molar-refractivity contribution is -0.117. The van der Waals surface area contributed by atoms with Gasteiger partial charge in [0.25, 0.3) is 10.0 Å². The zero-order chi connectivity index (χ0) is 17.6. The molecule has 0 bridgehead atoms. The summed E-state index contributed by atoms with van der Waals surface area (Å²) in [4.78, 5) is 10.6. The van der Waals surface area contributed by atoms with Gasteiger partial charge in [0.15, 0.2) is 5.78 Å². The van der Waals surface area contributed by atoms with Crippen LogP contribution in [0.5, 0.6) is 0 Å². The number of sulfonamides is 1. The molecular weight excluding hydrogens is 381 g/mol. The molecule has 124 valence electrons. The number of carbonyl (C=O) groups is 1. The zero-order valence-corrected chi connectivity index (χ0v) is 15.7. The van der Waals surface area contributed by atoms with Crippen LogP contribution in [0.3, 0.4) is 0 Å². The number of nitrogens with zero attached hydrogens (tertiary/aromatic N) is 1. The number of hydrogen-bond donors (Lipinski definition) is 0. The molecule has 0 heterocycles. The van der Waals surface area contributed by atoms with Gasteiger partial charge in [-0.2, -0.15) is 12.8 Å². The molecule has 0 amide bonds. The Morgan fingerprint density at radius 2 is 1.70 bits per heavy atom. The third kappa shape index (κ3) is 3.33. The highest BCUT2D eigenvalue weighted by Crippen LogP contribution is 2.38. The van der Waals surface area contributed by atoms with E-state index in [9.17, 15) is 13.2 Å². The Balaban J connectivity index is 2.61. The molecule has 1 aliphatic carbocycles. The summed E-state index contributed by atoms with van der Waals surface area (Å²) in [6, 6.07) is 6.20. The fourth-order valence-electron chi connectivity index (χ4n) is 2.12. The molecule has 0 saturated carbocycles. The number of benzene rings is 1. The molecule has 0 spiro atoms. The first-order chi connectivity index (χ1) is 10.5. The fourth-order valence-corrected chi connectivity index (χ4v) is 4.06. The normalized spacial score (nSPS) is 27.7. The lowest BCUT2D eigenvalue weighted by Crippen LogP contribution is -2.48. The Morgan fingerprint density at radius 1 is 1.17 bits per heavy atom. The maximum absolute atomic E-state index is 12.4. The van der Waals surface area contributed by atoms with Crippen LogP contribution in [0.15, 0.2) is 44.2 Å². The summed E-state index contributed by atoms with van der Waals surface area (Å²) in [6.45, 7) is 4.71. The highest BCUT2D eigenvalue weighted by atomic mass is 35.5. The van der Waals surface area contributed by atoms with E-state index in [1.54, 1.807) is 12.1 Å². The van der Waals surface area contributed by atoms with Crippen molar-refractivity contribution in [3.05, 3.63) is 40.4 Å². The summed E-state index contributed by atoms with van der Waals surface area (Å²) in [7, 11) is -4.02. The molecule has 23 heavy (non-hydrogen) atoms. The van der Waals surface area contributed by atoms with E-state index in [0.717, 1.165) is 5.56 Å². The van der Waals surface area contributed by atoms with E-state index in [4.69, 9.17) is 34.8 Å². The van der Waals surface area contributed by atoms with Gasteiger partial charge in [-0.25, -0.2) is 0 Å². The van der Waals surface area contributed by atoms with E-state index < -0.39 is 26.1 Å². The first-order valence-corrected chi connectivity index (χ1v) is 9.28. The maximum atomic E-state index is 12.4. The molecule has 0 aromatic heterocycles. The van der Waals surface area contributed by atoms with Gasteiger partial charge in [-0.05, 0) is 32.9 Å². The number of hydrogen-bond acceptors (Lipinski definition) is 3. The van der Waals surface area contributed by atoms with Crippen molar-refractivity contribution in [3.8, 4) is 0 Å². The maximum Gasteiger partial charge on any atom is 0.282 e. The van der Waals surface area contributed by atoms with Crippen molar-refractivity contribution in [1.29, 1.82) is 0 Å². The van der Waals surface area contributed by atoms with Gasteiger partial charge in [0, 0.05) is 5.57 Å². The first-order valence-electron chi connectivity index (χ1n) is 6.64. The fraction of sp³-hybridized carbons (Fsp3) is 0.333. The average molecular weight is 395 g/mol. The third-order valence-electron chi connectivity index (χ3n) is 3.59. The summed E-state index contributed by atoms with van der Waals surface area (Å²) in [5.41, 5.74) is 0.930. The van der Waals surface area contributed by atoms with Crippen molar-refractivity contribution in [1.82, 2.24) is 0 Å². The van der Waals surface area contributed by atoms with Gasteiger partial charge in [0.05, 0.1) is 15.6 Å². The average Bonchev–Trinajstić information content (AvgIpc) is 2.49. The molecule has 4 nitrogen and oxygen atoms in total. The molecule has 0 unspecified atom stereocenters. The molecule has 0 fully saturated rings. The molecular formula is C15H14Cl3NO3S. The van der Waals surface area contributed by atoms with Crippen LogP contribution in [0.4, 0.5) is 0 Å². The van der Waals surface area contributed by atoms with Crippen molar-refractivity contribution in [2.75, 3.05) is 0 Å². The second-order valence-electron chi connectivity index (χ2n) is 5.47. The largest absolute Gasteiger partial charge is 0.292 e. The van der Waals surface area contributed by atoms with Gasteiger partial charge in [0.1, 0.15) is 10.3 Å². The number of Topliss-reactive ketones (excluding diaryl/α,β-unsaturated/α-hetero) is 1. The molecule has 8 heteroatoms. The van der Waals surface area contributed by atoms with Gasteiger partial charge in [-0.15, -0.1) is 23.2 Å². The van der Waals surface area contributed by atoms with Gasteiger partial charge >= 0.3 is 0 Å². The molecule has 1 aliphatic rings. The van der Waals surface area contributed by atoms with E-state index >= 15 is 0 Å². The summed E-state index contributed by atoms with van der Waals surface area (Å²) < 4.78 is 28.6. The monoisotopic (exact) mass is 393 g/mol. The third-order valence-corrected chi connectivity index (χ3v) is 6.52. The quantitative estimate of drug-likeness (QED) is 0.716. The van der Waals surface area contributed by atoms with E-state index in [0.29, 0.717) is 0 Å². The number of aryl methyl sites for hydroxylation is 1. The van der Waals surface area contributed by atoms with Crippen molar-refractivity contribution < 1.29 is 13.2 Å². The zero-order valence-electron chi connectivity index (χ0n) is 12.6. The predicted octanol–water partition coefficient (Wildman–Crippen LogP) is 3.83. The highest BCUT2D eigenvalue weighted by molar-refractivity contribution is 7.90. The van der Waals surface area contributed by atoms with Gasteiger partial charge in [0.2, 0.25) is 0 Å². The van der Waals surface area contributed by atoms with Crippen LogP contribution in [0.2, 0.25) is 0 Å². The summed E-state index contributed by atoms with van der Waals surface area (Å²) in [6.07, 6.45) is 0. The Morgan fingerprint density at radius 3 is 2.22 bits per heavy atom. The number of carbonyl (C=O) groups excluding carboxylic acids is 1. The Labute approximate surface area is 150 Å². The second kappa shape index (κ2) is 6.20.